The van der Waals surface area contributed by atoms with E-state index >= 15 is 0 Å². The molecule has 46 heteroatoms. The van der Waals surface area contributed by atoms with Gasteiger partial charge in [-0.1, -0.05) is 33.5 Å². The Hall–Kier alpha value is 0.580. The summed E-state index contributed by atoms with van der Waals surface area (Å²) in [5.74, 6) is 0. The van der Waals surface area contributed by atoms with Gasteiger partial charge in [0.15, 0.2) is 25.3 Å². The molecule has 0 saturated carbocycles. The molecule has 2 unspecified atom stereocenters. The standard InChI is InChI=1S/C4H5F4P.2F6OSi2.F4N2.F4S.2F3P.3FH.GeH4/c5-3-1-2-9(8)4(3,6)7;2*1-8(2,3)7-9(4,5)6;1-5(2)6(3)4;1-5(2,3)4;2*1-4(2)3;;;;/h3H,1-2H2;;;;;;;3*1H;1H4. The van der Waals surface area contributed by atoms with Gasteiger partial charge in [0.25, 0.3) is 0 Å². The Morgan fingerprint density at radius 3 is 0.760 bits per heavy atom. The fraction of sp³-hybridized carbons (Fsp3) is 1.00. The molecule has 2 atom stereocenters. The maximum atomic E-state index is 12.0. The quantitative estimate of drug-likeness (QED) is 0.0684. The third-order valence-corrected chi connectivity index (χ3v) is 7.14. The summed E-state index contributed by atoms with van der Waals surface area (Å²) in [4.78, 5) is 0. The Morgan fingerprint density at radius 2 is 0.740 bits per heavy atom. The van der Waals surface area contributed by atoms with Gasteiger partial charge in [-0.15, -0.1) is 0 Å². The van der Waals surface area contributed by atoms with Crippen molar-refractivity contribution in [2.75, 3.05) is 6.16 Å². The van der Waals surface area contributed by atoms with E-state index in [1.54, 1.807) is 0 Å². The van der Waals surface area contributed by atoms with Crippen LogP contribution >= 0.6 is 37.5 Å². The molecule has 1 aliphatic rings. The van der Waals surface area contributed by atoms with Gasteiger partial charge in [-0.3, -0.25) is 14.1 Å². The molecule has 4 nitrogen and oxygen atoms in total. The summed E-state index contributed by atoms with van der Waals surface area (Å²) in [5, 5.41) is 0. The van der Waals surface area contributed by atoms with Crippen LogP contribution in [0.25, 0.3) is 0 Å². The van der Waals surface area contributed by atoms with Crippen molar-refractivity contribution in [2.24, 2.45) is 0 Å². The van der Waals surface area contributed by atoms with Crippen molar-refractivity contribution in [3.05, 3.63) is 0 Å². The topological polar surface area (TPSA) is 24.9 Å². The second-order valence-corrected chi connectivity index (χ2v) is 13.5. The zero-order chi connectivity index (χ0) is 39.3. The Balaban J connectivity index is -0.0000000471. The molecule has 0 aliphatic carbocycles. The monoisotopic (exact) mass is 1060 g/mol. The summed E-state index contributed by atoms with van der Waals surface area (Å²) in [5.41, 5.74) is -8.32. The first kappa shape index (κ1) is 75.5. The van der Waals surface area contributed by atoms with E-state index in [1.165, 1.54) is 0 Å². The van der Waals surface area contributed by atoms with Crippen molar-refractivity contribution in [1.29, 1.82) is 0 Å². The van der Waals surface area contributed by atoms with Crippen molar-refractivity contribution < 1.29 is 148 Å². The maximum absolute atomic E-state index is 12.0. The molecule has 1 saturated heterocycles. The van der Waals surface area contributed by atoms with Crippen molar-refractivity contribution in [3.63, 3.8) is 0 Å². The van der Waals surface area contributed by atoms with Crippen LogP contribution in [0.3, 0.4) is 0 Å². The van der Waals surface area contributed by atoms with Gasteiger partial charge in [-0.25, -0.2) is 57.9 Å². The van der Waals surface area contributed by atoms with E-state index < -0.39 is 97.5 Å². The molecule has 0 aromatic heterocycles. The van der Waals surface area contributed by atoms with Gasteiger partial charge in [-0.2, -0.15) is 34.0 Å². The number of rotatable bonds is 5. The van der Waals surface area contributed by atoms with Gasteiger partial charge in [0, 0.05) is 6.16 Å². The van der Waals surface area contributed by atoms with Crippen LogP contribution in [0.1, 0.15) is 6.42 Å². The van der Waals surface area contributed by atoms with E-state index in [2.05, 4.69) is 0 Å². The third-order valence-electron chi connectivity index (χ3n) is 1.86. The minimum absolute atomic E-state index is 0. The Bertz CT molecular complexity index is 625. The first-order chi connectivity index (χ1) is 19.6. The van der Waals surface area contributed by atoms with Gasteiger partial charge in [-0.05, 0) is 6.42 Å². The number of alkyl halides is 3. The zero-order valence-corrected chi connectivity index (χ0v) is 28.0. The molecule has 322 valence electrons. The fourth-order valence-corrected chi connectivity index (χ4v) is 4.25. The van der Waals surface area contributed by atoms with Crippen molar-refractivity contribution in [1.82, 2.24) is 10.9 Å². The van der Waals surface area contributed by atoms with Crippen LogP contribution in [-0.2, 0) is 8.23 Å². The van der Waals surface area contributed by atoms with Crippen LogP contribution in [0.4, 0.5) is 139 Å². The van der Waals surface area contributed by atoms with Crippen LogP contribution < -0.4 is 0 Å². The molecule has 0 bridgehead atoms. The van der Waals surface area contributed by atoms with Crippen molar-refractivity contribution in [3.8, 4) is 0 Å². The predicted octanol–water partition coefficient (Wildman–Crippen LogP) is 12.7. The number of hydrogen-bond acceptors (Lipinski definition) is 4. The van der Waals surface area contributed by atoms with E-state index in [0.29, 0.717) is 0 Å². The van der Waals surface area contributed by atoms with Gasteiger partial charge in [0.1, 0.15) is 0 Å². The summed E-state index contributed by atoms with van der Waals surface area (Å²) < 4.78 is 319. The van der Waals surface area contributed by atoms with Crippen LogP contribution in [0, 0.1) is 0 Å². The first-order valence-electron chi connectivity index (χ1n) is 8.09. The summed E-state index contributed by atoms with van der Waals surface area (Å²) in [7, 11) is -38.5. The molecule has 0 aromatic rings. The molecule has 1 heterocycles. The molecule has 0 radical (unpaired) electrons. The Labute approximate surface area is 275 Å². The van der Waals surface area contributed by atoms with E-state index in [0.717, 1.165) is 0 Å². The number of hydrazine groups is 1. The third kappa shape index (κ3) is 97.5. The van der Waals surface area contributed by atoms with E-state index in [1.807, 2.05) is 8.23 Å². The van der Waals surface area contributed by atoms with Crippen molar-refractivity contribution in [2.45, 2.75) is 18.3 Å². The summed E-state index contributed by atoms with van der Waals surface area (Å²) >= 11 is -6.17. The molecular weight excluding hydrogens is 1040 g/mol. The van der Waals surface area contributed by atoms with Crippen LogP contribution in [-0.4, -0.2) is 83.8 Å². The van der Waals surface area contributed by atoms with Crippen LogP contribution in [0.2, 0.25) is 0 Å². The fourth-order valence-electron chi connectivity index (χ4n) is 0.964. The summed E-state index contributed by atoms with van der Waals surface area (Å²) in [6.45, 7) is 0. The Morgan fingerprint density at radius 1 is 0.580 bits per heavy atom. The molecule has 1 rings (SSSR count). The summed E-state index contributed by atoms with van der Waals surface area (Å²) in [6, 6.07) is 0. The zero-order valence-electron chi connectivity index (χ0n) is 20.5. The SMILES string of the molecule is F.F.F.FC1CCP(F)C1(F)F.FN(F)N(F)F.FP(F)F.FP(F)F.FS(F)(F)F.F[Si](F)(F)O[Si](F)(F)F.F[Si](F)(F)O[Si](F)(F)F.[GeH4]. The molecule has 1 aliphatic heterocycles. The van der Waals surface area contributed by atoms with Crippen LogP contribution in [0.15, 0.2) is 0 Å². The average Bonchev–Trinajstić information content (AvgIpc) is 2.87. The molecule has 50 heavy (non-hydrogen) atoms. The Kier molecular flexibility index (Phi) is 51.5. The van der Waals surface area contributed by atoms with Gasteiger partial charge >= 0.3 is 89.8 Å². The van der Waals surface area contributed by atoms with Gasteiger partial charge < -0.3 is 8.23 Å². The number of nitrogens with zero attached hydrogens (tertiary/aromatic N) is 2. The molecular formula is C4H12F33GeN2O2P3SSi4. The molecule has 0 N–H and O–H groups in total. The van der Waals surface area contributed by atoms with E-state index in [4.69, 9.17) is 0 Å². The van der Waals surface area contributed by atoms with Crippen LogP contribution in [0.5, 0.6) is 0 Å². The van der Waals surface area contributed by atoms with Gasteiger partial charge in [0.05, 0.1) is 0 Å². The number of hydrogen-bond donors (Lipinski definition) is 0. The second-order valence-electron chi connectivity index (χ2n) is 5.08. The normalized spacial score (nSPS) is 16.8. The average molecular weight is 1060 g/mol. The number of halogens is 33. The van der Waals surface area contributed by atoms with Crippen molar-refractivity contribution >= 4 is 92.4 Å². The first-order valence-corrected chi connectivity index (χ1v) is 18.9. The van der Waals surface area contributed by atoms with Gasteiger partial charge in [0.2, 0.25) is 0 Å². The molecule has 1 fully saturated rings. The molecule has 0 aromatic carbocycles. The second kappa shape index (κ2) is 34.1. The molecule has 0 spiro atoms. The molecule has 0 amide bonds. The summed E-state index contributed by atoms with van der Waals surface area (Å²) in [6.07, 6.45) is -2.85. The predicted molar refractivity (Wildman–Crippen MR) is 125 cm³/mol. The van der Waals surface area contributed by atoms with E-state index in [-0.39, 0.29) is 44.3 Å². The minimum atomic E-state index is -6.86. The van der Waals surface area contributed by atoms with E-state index in [9.17, 15) is 125 Å².